The van der Waals surface area contributed by atoms with Crippen LogP contribution in [-0.2, 0) is 14.8 Å². The van der Waals surface area contributed by atoms with Crippen LogP contribution in [0.4, 0.5) is 5.69 Å². The Morgan fingerprint density at radius 1 is 1.15 bits per heavy atom. The van der Waals surface area contributed by atoms with Gasteiger partial charge in [0.05, 0.1) is 25.1 Å². The van der Waals surface area contributed by atoms with Gasteiger partial charge in [0.25, 0.3) is 0 Å². The molecule has 1 amide bonds. The number of halogens is 1. The molecule has 2 atom stereocenters. The number of sulfonamides is 1. The summed E-state index contributed by atoms with van der Waals surface area (Å²) in [6.45, 7) is 3.37. The fourth-order valence-electron chi connectivity index (χ4n) is 2.73. The third-order valence-electron chi connectivity index (χ3n) is 4.13. The monoisotopic (exact) mass is 410 g/mol. The topological polar surface area (TPSA) is 75.7 Å². The maximum Gasteiger partial charge on any atom is 0.244 e. The summed E-state index contributed by atoms with van der Waals surface area (Å²) >= 11 is 5.98. The number of hydrogen-bond acceptors (Lipinski definition) is 4. The molecule has 1 N–H and O–H groups in total. The van der Waals surface area contributed by atoms with Gasteiger partial charge in [-0.2, -0.15) is 0 Å². The van der Waals surface area contributed by atoms with Crippen LogP contribution in [0, 0.1) is 0 Å². The highest BCUT2D eigenvalue weighted by Crippen LogP contribution is 2.25. The zero-order valence-corrected chi connectivity index (χ0v) is 17.2. The molecule has 0 heterocycles. The van der Waals surface area contributed by atoms with E-state index < -0.39 is 22.0 Å². The predicted octanol–water partition coefficient (Wildman–Crippen LogP) is 3.38. The number of anilines is 1. The second kappa shape index (κ2) is 8.63. The van der Waals surface area contributed by atoms with E-state index in [4.69, 9.17) is 16.3 Å². The molecule has 0 fully saturated rings. The van der Waals surface area contributed by atoms with Crippen molar-refractivity contribution in [3.63, 3.8) is 0 Å². The zero-order valence-electron chi connectivity index (χ0n) is 15.6. The highest BCUT2D eigenvalue weighted by molar-refractivity contribution is 7.92. The van der Waals surface area contributed by atoms with Gasteiger partial charge in [-0.25, -0.2) is 8.42 Å². The second-order valence-corrected chi connectivity index (χ2v) is 8.51. The van der Waals surface area contributed by atoms with Crippen LogP contribution >= 0.6 is 11.6 Å². The van der Waals surface area contributed by atoms with Crippen LogP contribution in [0.15, 0.2) is 48.5 Å². The molecule has 2 aromatic carbocycles. The molecule has 8 heteroatoms. The van der Waals surface area contributed by atoms with E-state index in [0.29, 0.717) is 10.7 Å². The molecule has 0 spiro atoms. The van der Waals surface area contributed by atoms with E-state index in [1.165, 1.54) is 13.0 Å². The number of ether oxygens (including phenoxy) is 1. The first-order valence-corrected chi connectivity index (χ1v) is 10.6. The van der Waals surface area contributed by atoms with Gasteiger partial charge in [0, 0.05) is 5.02 Å². The van der Waals surface area contributed by atoms with Crippen molar-refractivity contribution in [2.75, 3.05) is 17.7 Å². The average Bonchev–Trinajstić information content (AvgIpc) is 2.60. The number of nitrogens with zero attached hydrogens (tertiary/aromatic N) is 1. The first-order chi connectivity index (χ1) is 12.6. The van der Waals surface area contributed by atoms with E-state index >= 15 is 0 Å². The minimum atomic E-state index is -3.69. The molecular weight excluding hydrogens is 388 g/mol. The summed E-state index contributed by atoms with van der Waals surface area (Å²) in [5.41, 5.74) is 1.22. The molecule has 2 rings (SSSR count). The molecule has 0 saturated carbocycles. The van der Waals surface area contributed by atoms with Crippen LogP contribution in [0.5, 0.6) is 5.75 Å². The summed E-state index contributed by atoms with van der Waals surface area (Å²) in [6.07, 6.45) is 1.06. The summed E-state index contributed by atoms with van der Waals surface area (Å²) in [7, 11) is -2.11. The molecule has 0 aliphatic carbocycles. The third-order valence-corrected chi connectivity index (χ3v) is 5.60. The maximum atomic E-state index is 12.7. The molecule has 6 nitrogen and oxygen atoms in total. The van der Waals surface area contributed by atoms with Crippen LogP contribution in [0.2, 0.25) is 5.02 Å². The number of amides is 1. The Balaban J connectivity index is 2.21. The molecule has 0 aliphatic heterocycles. The van der Waals surface area contributed by atoms with E-state index in [9.17, 15) is 13.2 Å². The molecule has 0 unspecified atom stereocenters. The van der Waals surface area contributed by atoms with Gasteiger partial charge in [0.15, 0.2) is 0 Å². The van der Waals surface area contributed by atoms with Crippen LogP contribution in [0.25, 0.3) is 0 Å². The zero-order chi connectivity index (χ0) is 20.2. The van der Waals surface area contributed by atoms with Gasteiger partial charge in [-0.1, -0.05) is 29.8 Å². The first-order valence-electron chi connectivity index (χ1n) is 8.32. The fourth-order valence-corrected chi connectivity index (χ4v) is 4.08. The molecular formula is C19H23ClN2O4S. The quantitative estimate of drug-likeness (QED) is 0.759. The van der Waals surface area contributed by atoms with E-state index in [1.807, 2.05) is 19.1 Å². The summed E-state index contributed by atoms with van der Waals surface area (Å²) in [6, 6.07) is 12.4. The molecule has 0 radical (unpaired) electrons. The minimum Gasteiger partial charge on any atom is -0.497 e. The lowest BCUT2D eigenvalue weighted by molar-refractivity contribution is -0.122. The number of benzene rings is 2. The fraction of sp³-hybridized carbons (Fsp3) is 0.316. The molecule has 146 valence electrons. The average molecular weight is 411 g/mol. The summed E-state index contributed by atoms with van der Waals surface area (Å²) in [5, 5.41) is 3.24. The number of nitrogens with one attached hydrogen (secondary N) is 1. The highest BCUT2D eigenvalue weighted by Gasteiger charge is 2.30. The predicted molar refractivity (Wildman–Crippen MR) is 108 cm³/mol. The van der Waals surface area contributed by atoms with Crippen molar-refractivity contribution >= 4 is 33.2 Å². The number of hydrogen-bond donors (Lipinski definition) is 1. The van der Waals surface area contributed by atoms with Gasteiger partial charge in [0.2, 0.25) is 15.9 Å². The van der Waals surface area contributed by atoms with E-state index in [2.05, 4.69) is 5.32 Å². The SMILES string of the molecule is COc1ccc([C@@H](C)NC(=O)[C@H](C)N(c2cccc(Cl)c2)S(C)(=O)=O)cc1. The highest BCUT2D eigenvalue weighted by atomic mass is 35.5. The Kier molecular flexibility index (Phi) is 6.73. The van der Waals surface area contributed by atoms with Crippen LogP contribution in [-0.4, -0.2) is 33.7 Å². The van der Waals surface area contributed by atoms with Crippen molar-refractivity contribution in [1.29, 1.82) is 0 Å². The molecule has 0 saturated heterocycles. The Labute approximate surface area is 165 Å². The Hall–Kier alpha value is -2.25. The molecule has 2 aromatic rings. The Bertz CT molecular complexity index is 900. The first kappa shape index (κ1) is 21.1. The lowest BCUT2D eigenvalue weighted by Gasteiger charge is -2.29. The van der Waals surface area contributed by atoms with Gasteiger partial charge in [-0.05, 0) is 49.7 Å². The van der Waals surface area contributed by atoms with Gasteiger partial charge in [-0.3, -0.25) is 9.10 Å². The summed E-state index contributed by atoms with van der Waals surface area (Å²) in [4.78, 5) is 12.7. The molecule has 27 heavy (non-hydrogen) atoms. The van der Waals surface area contributed by atoms with Crippen molar-refractivity contribution < 1.29 is 17.9 Å². The molecule has 0 aromatic heterocycles. The van der Waals surface area contributed by atoms with Crippen LogP contribution in [0.3, 0.4) is 0 Å². The lowest BCUT2D eigenvalue weighted by atomic mass is 10.1. The Morgan fingerprint density at radius 2 is 1.78 bits per heavy atom. The normalized spacial score (nSPS) is 13.5. The number of carbonyl (C=O) groups excluding carboxylic acids is 1. The summed E-state index contributed by atoms with van der Waals surface area (Å²) in [5.74, 6) is 0.304. The van der Waals surface area contributed by atoms with E-state index in [1.54, 1.807) is 37.4 Å². The largest absolute Gasteiger partial charge is 0.497 e. The van der Waals surface area contributed by atoms with Crippen molar-refractivity contribution in [2.45, 2.75) is 25.9 Å². The third kappa shape index (κ3) is 5.37. The molecule has 0 aliphatic rings. The smallest absolute Gasteiger partial charge is 0.244 e. The van der Waals surface area contributed by atoms with Crippen molar-refractivity contribution in [3.05, 3.63) is 59.1 Å². The van der Waals surface area contributed by atoms with E-state index in [0.717, 1.165) is 21.9 Å². The van der Waals surface area contributed by atoms with E-state index in [-0.39, 0.29) is 6.04 Å². The van der Waals surface area contributed by atoms with Gasteiger partial charge >= 0.3 is 0 Å². The second-order valence-electron chi connectivity index (χ2n) is 6.22. The lowest BCUT2D eigenvalue weighted by Crippen LogP contribution is -2.48. The van der Waals surface area contributed by atoms with Crippen molar-refractivity contribution in [3.8, 4) is 5.75 Å². The van der Waals surface area contributed by atoms with Gasteiger partial charge in [0.1, 0.15) is 11.8 Å². The van der Waals surface area contributed by atoms with Gasteiger partial charge < -0.3 is 10.1 Å². The standard InChI is InChI=1S/C19H23ClN2O4S/c1-13(15-8-10-18(26-3)11-9-15)21-19(23)14(2)22(27(4,24)25)17-7-5-6-16(20)12-17/h5-14H,1-4H3,(H,21,23)/t13-,14+/m1/s1. The number of rotatable bonds is 7. The van der Waals surface area contributed by atoms with Crippen LogP contribution in [0.1, 0.15) is 25.5 Å². The minimum absolute atomic E-state index is 0.299. The van der Waals surface area contributed by atoms with Crippen LogP contribution < -0.4 is 14.4 Å². The molecule has 0 bridgehead atoms. The van der Waals surface area contributed by atoms with Gasteiger partial charge in [-0.15, -0.1) is 0 Å². The summed E-state index contributed by atoms with van der Waals surface area (Å²) < 4.78 is 30.8. The Morgan fingerprint density at radius 3 is 2.30 bits per heavy atom. The van der Waals surface area contributed by atoms with Crippen molar-refractivity contribution in [1.82, 2.24) is 5.32 Å². The number of methoxy groups -OCH3 is 1. The van der Waals surface area contributed by atoms with Crippen molar-refractivity contribution in [2.24, 2.45) is 0 Å². The number of carbonyl (C=O) groups is 1. The maximum absolute atomic E-state index is 12.7.